The summed E-state index contributed by atoms with van der Waals surface area (Å²) in [5.41, 5.74) is 5.62. The normalized spacial score (nSPS) is 18.1. The second-order valence-electron chi connectivity index (χ2n) is 8.87. The van der Waals surface area contributed by atoms with Gasteiger partial charge >= 0.3 is 0 Å². The van der Waals surface area contributed by atoms with E-state index in [4.69, 9.17) is 0 Å². The van der Waals surface area contributed by atoms with E-state index in [1.165, 1.54) is 16.8 Å². The van der Waals surface area contributed by atoms with Crippen molar-refractivity contribution in [2.24, 2.45) is 0 Å². The lowest BCUT2D eigenvalue weighted by atomic mass is 9.92. The molecule has 2 aromatic heterocycles. The third kappa shape index (κ3) is 3.34. The van der Waals surface area contributed by atoms with Gasteiger partial charge in [-0.25, -0.2) is 0 Å². The highest BCUT2D eigenvalue weighted by atomic mass is 16.2. The lowest BCUT2D eigenvalue weighted by Gasteiger charge is -2.34. The molecule has 1 atom stereocenters. The predicted octanol–water partition coefficient (Wildman–Crippen LogP) is 4.57. The van der Waals surface area contributed by atoms with Gasteiger partial charge in [0.15, 0.2) is 0 Å². The zero-order valence-corrected chi connectivity index (χ0v) is 17.5. The molecule has 4 aromatic rings. The number of para-hydroxylation sites is 1. The number of aryl methyl sites for hydroxylation is 1. The van der Waals surface area contributed by atoms with E-state index >= 15 is 0 Å². The summed E-state index contributed by atoms with van der Waals surface area (Å²) in [6.45, 7) is 0.699. The van der Waals surface area contributed by atoms with Crippen LogP contribution >= 0.6 is 0 Å². The van der Waals surface area contributed by atoms with Crippen molar-refractivity contribution >= 4 is 16.8 Å². The number of rotatable bonds is 5. The van der Waals surface area contributed by atoms with Crippen LogP contribution in [0.15, 0.2) is 66.9 Å². The Kier molecular flexibility index (Phi) is 4.41. The average Bonchev–Trinajstić information content (AvgIpc) is 3.40. The van der Waals surface area contributed by atoms with Gasteiger partial charge in [-0.2, -0.15) is 5.10 Å². The van der Waals surface area contributed by atoms with Crippen LogP contribution in [0.4, 0.5) is 0 Å². The van der Waals surface area contributed by atoms with E-state index < -0.39 is 0 Å². The molecule has 1 unspecified atom stereocenters. The molecule has 0 spiro atoms. The summed E-state index contributed by atoms with van der Waals surface area (Å²) in [6, 6.07) is 21.4. The Balaban J connectivity index is 1.39. The zero-order chi connectivity index (χ0) is 20.8. The van der Waals surface area contributed by atoms with Crippen LogP contribution in [0, 0.1) is 0 Å². The smallest absolute Gasteiger partial charge is 0.271 e. The maximum absolute atomic E-state index is 14.0. The van der Waals surface area contributed by atoms with Crippen molar-refractivity contribution in [3.8, 4) is 0 Å². The van der Waals surface area contributed by atoms with Gasteiger partial charge in [0.2, 0.25) is 0 Å². The van der Waals surface area contributed by atoms with Crippen molar-refractivity contribution in [2.45, 2.75) is 50.7 Å². The SMILES string of the molecule is O=C(c1cc2ccccc2n1Cc1ccccc1)N(C1CC1)C1CCc2[nH]ncc2C1. The number of benzene rings is 2. The predicted molar refractivity (Wildman–Crippen MR) is 121 cm³/mol. The molecular formula is C26H26N4O. The number of nitrogens with one attached hydrogen (secondary N) is 1. The van der Waals surface area contributed by atoms with E-state index in [0.717, 1.165) is 48.7 Å². The lowest BCUT2D eigenvalue weighted by Crippen LogP contribution is -2.45. The molecule has 6 rings (SSSR count). The van der Waals surface area contributed by atoms with E-state index in [9.17, 15) is 4.79 Å². The van der Waals surface area contributed by atoms with Gasteiger partial charge in [-0.15, -0.1) is 0 Å². The third-order valence-corrected chi connectivity index (χ3v) is 6.77. The molecule has 2 aliphatic carbocycles. The summed E-state index contributed by atoms with van der Waals surface area (Å²) in [4.78, 5) is 16.2. The summed E-state index contributed by atoms with van der Waals surface area (Å²) < 4.78 is 2.20. The molecule has 5 heteroatoms. The molecular weight excluding hydrogens is 384 g/mol. The molecule has 2 aliphatic rings. The molecule has 0 radical (unpaired) electrons. The fourth-order valence-corrected chi connectivity index (χ4v) is 5.07. The van der Waals surface area contributed by atoms with Crippen LogP contribution in [0.1, 0.15) is 46.6 Å². The first-order valence-corrected chi connectivity index (χ1v) is 11.2. The number of carbonyl (C=O) groups is 1. The minimum absolute atomic E-state index is 0.173. The zero-order valence-electron chi connectivity index (χ0n) is 17.5. The standard InChI is InChI=1S/C26H26N4O/c31-26(30(21-10-11-21)22-12-13-23-20(14-22)16-27-28-23)25-15-19-8-4-5-9-24(19)29(25)17-18-6-2-1-3-7-18/h1-9,15-16,21-22H,10-14,17H2,(H,27,28). The Bertz CT molecular complexity index is 1230. The van der Waals surface area contributed by atoms with Crippen LogP contribution in [0.2, 0.25) is 0 Å². The van der Waals surface area contributed by atoms with Gasteiger partial charge in [0, 0.05) is 35.2 Å². The van der Waals surface area contributed by atoms with E-state index in [-0.39, 0.29) is 11.9 Å². The molecule has 1 N–H and O–H groups in total. The van der Waals surface area contributed by atoms with E-state index in [1.54, 1.807) is 0 Å². The summed E-state index contributed by atoms with van der Waals surface area (Å²) in [5, 5.41) is 8.46. The highest BCUT2D eigenvalue weighted by Crippen LogP contribution is 2.35. The van der Waals surface area contributed by atoms with Crippen molar-refractivity contribution in [3.63, 3.8) is 0 Å². The Hall–Kier alpha value is -3.34. The van der Waals surface area contributed by atoms with Gasteiger partial charge in [-0.1, -0.05) is 48.5 Å². The Morgan fingerprint density at radius 2 is 1.84 bits per heavy atom. The van der Waals surface area contributed by atoms with E-state index in [2.05, 4.69) is 68.2 Å². The van der Waals surface area contributed by atoms with Crippen molar-refractivity contribution in [1.82, 2.24) is 19.7 Å². The van der Waals surface area contributed by atoms with Crippen LogP contribution in [0.5, 0.6) is 0 Å². The molecule has 1 amide bonds. The summed E-state index contributed by atoms with van der Waals surface area (Å²) in [5.74, 6) is 0.173. The van der Waals surface area contributed by atoms with E-state index in [1.807, 2.05) is 18.3 Å². The van der Waals surface area contributed by atoms with Crippen molar-refractivity contribution in [1.29, 1.82) is 0 Å². The number of carbonyl (C=O) groups excluding carboxylic acids is 1. The largest absolute Gasteiger partial charge is 0.332 e. The Morgan fingerprint density at radius 1 is 1.03 bits per heavy atom. The molecule has 0 aliphatic heterocycles. The second-order valence-corrected chi connectivity index (χ2v) is 8.87. The maximum atomic E-state index is 14.0. The van der Waals surface area contributed by atoms with Crippen molar-refractivity contribution < 1.29 is 4.79 Å². The molecule has 0 bridgehead atoms. The lowest BCUT2D eigenvalue weighted by molar-refractivity contribution is 0.0632. The van der Waals surface area contributed by atoms with Gasteiger partial charge in [0.05, 0.1) is 6.20 Å². The topological polar surface area (TPSA) is 53.9 Å². The molecule has 2 heterocycles. The summed E-state index contributed by atoms with van der Waals surface area (Å²) >= 11 is 0. The van der Waals surface area contributed by atoms with Gasteiger partial charge in [-0.3, -0.25) is 9.89 Å². The van der Waals surface area contributed by atoms with E-state index in [0.29, 0.717) is 12.6 Å². The number of nitrogens with zero attached hydrogens (tertiary/aromatic N) is 3. The number of fused-ring (bicyclic) bond motifs is 2. The number of aromatic amines is 1. The van der Waals surface area contributed by atoms with Crippen LogP contribution in [0.3, 0.4) is 0 Å². The number of hydrogen-bond donors (Lipinski definition) is 1. The molecule has 31 heavy (non-hydrogen) atoms. The van der Waals surface area contributed by atoms with Gasteiger partial charge in [0.25, 0.3) is 5.91 Å². The van der Waals surface area contributed by atoms with Gasteiger partial charge in [-0.05, 0) is 55.4 Å². The average molecular weight is 411 g/mol. The molecule has 1 fully saturated rings. The fraction of sp³-hybridized carbons (Fsp3) is 0.308. The number of amides is 1. The molecule has 2 aromatic carbocycles. The minimum Gasteiger partial charge on any atom is -0.332 e. The van der Waals surface area contributed by atoms with Crippen LogP contribution in [0.25, 0.3) is 10.9 Å². The second kappa shape index (κ2) is 7.41. The van der Waals surface area contributed by atoms with Crippen LogP contribution in [-0.2, 0) is 19.4 Å². The fourth-order valence-electron chi connectivity index (χ4n) is 5.07. The molecule has 5 nitrogen and oxygen atoms in total. The maximum Gasteiger partial charge on any atom is 0.271 e. The Labute approximate surface area is 181 Å². The van der Waals surface area contributed by atoms with Crippen molar-refractivity contribution in [2.75, 3.05) is 0 Å². The van der Waals surface area contributed by atoms with Gasteiger partial charge < -0.3 is 9.47 Å². The number of aromatic nitrogens is 3. The first kappa shape index (κ1) is 18.4. The first-order valence-electron chi connectivity index (χ1n) is 11.2. The molecule has 0 saturated heterocycles. The first-order chi connectivity index (χ1) is 15.3. The highest BCUT2D eigenvalue weighted by molar-refractivity contribution is 5.99. The monoisotopic (exact) mass is 410 g/mol. The highest BCUT2D eigenvalue weighted by Gasteiger charge is 2.40. The molecule has 156 valence electrons. The molecule has 1 saturated carbocycles. The summed E-state index contributed by atoms with van der Waals surface area (Å²) in [6.07, 6.45) is 7.01. The quantitative estimate of drug-likeness (QED) is 0.524. The number of H-pyrrole nitrogens is 1. The summed E-state index contributed by atoms with van der Waals surface area (Å²) in [7, 11) is 0. The van der Waals surface area contributed by atoms with Crippen molar-refractivity contribution in [3.05, 3.63) is 89.4 Å². The minimum atomic E-state index is 0.173. The number of hydrogen-bond acceptors (Lipinski definition) is 2. The van der Waals surface area contributed by atoms with Crippen LogP contribution < -0.4 is 0 Å². The Morgan fingerprint density at radius 3 is 2.68 bits per heavy atom. The van der Waals surface area contributed by atoms with Crippen LogP contribution in [-0.4, -0.2) is 37.7 Å². The third-order valence-electron chi connectivity index (χ3n) is 6.77. The van der Waals surface area contributed by atoms with Gasteiger partial charge in [0.1, 0.15) is 5.69 Å².